The fraction of sp³-hybridized carbons (Fsp3) is 0.455. The average molecular weight is 382 g/mol. The monoisotopic (exact) mass is 382 g/mol. The Hall–Kier alpha value is -2.76. The van der Waals surface area contributed by atoms with E-state index in [9.17, 15) is 9.59 Å². The molecule has 2 aliphatic rings. The average Bonchev–Trinajstić information content (AvgIpc) is 3.45. The first-order chi connectivity index (χ1) is 13.7. The quantitative estimate of drug-likeness (QED) is 0.813. The van der Waals surface area contributed by atoms with Crippen LogP contribution in [0.4, 0.5) is 0 Å². The summed E-state index contributed by atoms with van der Waals surface area (Å²) in [5, 5.41) is 0. The summed E-state index contributed by atoms with van der Waals surface area (Å²) in [4.78, 5) is 29.3. The molecule has 2 aliphatic heterocycles. The summed E-state index contributed by atoms with van der Waals surface area (Å²) in [6.07, 6.45) is 3.87. The van der Waals surface area contributed by atoms with Gasteiger partial charge in [0.05, 0.1) is 13.0 Å². The van der Waals surface area contributed by atoms with E-state index in [2.05, 4.69) is 0 Å². The van der Waals surface area contributed by atoms with Crippen molar-refractivity contribution < 1.29 is 18.7 Å². The standard InChI is InChI=1S/C22H26N2O4/c1-27-18-8-6-16(7-9-18)19-10-11-20(28-19)22(26)24-14-4-5-17(15-24)21(25)23-12-2-3-13-23/h6-11,17H,2-5,12-15H2,1H3. The zero-order valence-electron chi connectivity index (χ0n) is 16.2. The normalized spacial score (nSPS) is 19.7. The van der Waals surface area contributed by atoms with Crippen molar-refractivity contribution in [3.05, 3.63) is 42.2 Å². The molecular formula is C22H26N2O4. The van der Waals surface area contributed by atoms with Gasteiger partial charge in [0.2, 0.25) is 5.91 Å². The van der Waals surface area contributed by atoms with Gasteiger partial charge in [-0.05, 0) is 62.1 Å². The Morgan fingerprint density at radius 1 is 0.964 bits per heavy atom. The van der Waals surface area contributed by atoms with Crippen LogP contribution in [0.1, 0.15) is 36.2 Å². The zero-order valence-corrected chi connectivity index (χ0v) is 16.2. The van der Waals surface area contributed by atoms with Crippen molar-refractivity contribution in [2.45, 2.75) is 25.7 Å². The molecule has 6 nitrogen and oxygen atoms in total. The van der Waals surface area contributed by atoms with Gasteiger partial charge in [-0.1, -0.05) is 0 Å². The van der Waals surface area contributed by atoms with Gasteiger partial charge in [0.25, 0.3) is 5.91 Å². The number of methoxy groups -OCH3 is 1. The third kappa shape index (κ3) is 3.77. The number of hydrogen-bond acceptors (Lipinski definition) is 4. The lowest BCUT2D eigenvalue weighted by atomic mass is 9.96. The molecule has 0 spiro atoms. The Kier molecular flexibility index (Phi) is 5.37. The largest absolute Gasteiger partial charge is 0.497 e. The van der Waals surface area contributed by atoms with E-state index in [1.165, 1.54) is 0 Å². The van der Waals surface area contributed by atoms with Gasteiger partial charge in [-0.2, -0.15) is 0 Å². The smallest absolute Gasteiger partial charge is 0.289 e. The van der Waals surface area contributed by atoms with Crippen molar-refractivity contribution in [1.29, 1.82) is 0 Å². The fourth-order valence-corrected chi connectivity index (χ4v) is 4.08. The summed E-state index contributed by atoms with van der Waals surface area (Å²) in [7, 11) is 1.62. The maximum Gasteiger partial charge on any atom is 0.289 e. The van der Waals surface area contributed by atoms with E-state index in [1.54, 1.807) is 18.1 Å². The van der Waals surface area contributed by atoms with E-state index in [4.69, 9.17) is 9.15 Å². The Bertz CT molecular complexity index is 836. The van der Waals surface area contributed by atoms with Crippen LogP contribution in [-0.2, 0) is 4.79 Å². The number of carbonyl (C=O) groups excluding carboxylic acids is 2. The van der Waals surface area contributed by atoms with Crippen LogP contribution >= 0.6 is 0 Å². The number of ether oxygens (including phenoxy) is 1. The third-order valence-electron chi connectivity index (χ3n) is 5.67. The Balaban J connectivity index is 1.43. The van der Waals surface area contributed by atoms with Crippen molar-refractivity contribution in [3.8, 4) is 17.1 Å². The predicted octanol–water partition coefficient (Wildman–Crippen LogP) is 3.43. The molecule has 2 aromatic rings. The highest BCUT2D eigenvalue weighted by Crippen LogP contribution is 2.27. The number of hydrogen-bond donors (Lipinski definition) is 0. The molecule has 2 fully saturated rings. The molecule has 1 atom stereocenters. The molecule has 0 aliphatic carbocycles. The number of nitrogens with zero attached hydrogens (tertiary/aromatic N) is 2. The number of rotatable bonds is 4. The topological polar surface area (TPSA) is 63.0 Å². The Morgan fingerprint density at radius 3 is 2.39 bits per heavy atom. The summed E-state index contributed by atoms with van der Waals surface area (Å²) in [6.45, 7) is 2.85. The minimum absolute atomic E-state index is 0.0909. The second-order valence-electron chi connectivity index (χ2n) is 7.52. The van der Waals surface area contributed by atoms with Gasteiger partial charge >= 0.3 is 0 Å². The molecule has 0 N–H and O–H groups in total. The fourth-order valence-electron chi connectivity index (χ4n) is 4.08. The molecule has 0 radical (unpaired) electrons. The van der Waals surface area contributed by atoms with Gasteiger partial charge in [-0.25, -0.2) is 0 Å². The third-order valence-corrected chi connectivity index (χ3v) is 5.67. The Morgan fingerprint density at radius 2 is 1.68 bits per heavy atom. The number of piperidine rings is 1. The number of likely N-dealkylation sites (tertiary alicyclic amines) is 2. The van der Waals surface area contributed by atoms with E-state index >= 15 is 0 Å². The van der Waals surface area contributed by atoms with Crippen LogP contribution in [-0.4, -0.2) is 54.9 Å². The van der Waals surface area contributed by atoms with Crippen molar-refractivity contribution >= 4 is 11.8 Å². The molecule has 1 aromatic heterocycles. The first-order valence-corrected chi connectivity index (χ1v) is 9.98. The molecule has 0 saturated carbocycles. The maximum atomic E-state index is 12.9. The van der Waals surface area contributed by atoms with Gasteiger partial charge in [0, 0.05) is 31.7 Å². The lowest BCUT2D eigenvalue weighted by Crippen LogP contribution is -2.46. The summed E-state index contributed by atoms with van der Waals surface area (Å²) >= 11 is 0. The van der Waals surface area contributed by atoms with Crippen molar-refractivity contribution in [2.75, 3.05) is 33.3 Å². The van der Waals surface area contributed by atoms with Gasteiger partial charge in [-0.15, -0.1) is 0 Å². The van der Waals surface area contributed by atoms with E-state index < -0.39 is 0 Å². The van der Waals surface area contributed by atoms with Crippen molar-refractivity contribution in [3.63, 3.8) is 0 Å². The molecule has 1 unspecified atom stereocenters. The van der Waals surface area contributed by atoms with Crippen LogP contribution in [0.3, 0.4) is 0 Å². The molecule has 148 valence electrons. The maximum absolute atomic E-state index is 12.9. The molecule has 4 rings (SSSR count). The first kappa shape index (κ1) is 18.6. The lowest BCUT2D eigenvalue weighted by Gasteiger charge is -2.33. The van der Waals surface area contributed by atoms with Gasteiger partial charge in [0.15, 0.2) is 5.76 Å². The molecule has 0 bridgehead atoms. The molecule has 1 aromatic carbocycles. The van der Waals surface area contributed by atoms with Gasteiger partial charge < -0.3 is 19.0 Å². The summed E-state index contributed by atoms with van der Waals surface area (Å²) < 4.78 is 11.0. The second-order valence-corrected chi connectivity index (χ2v) is 7.52. The van der Waals surface area contributed by atoms with Crippen LogP contribution in [0.2, 0.25) is 0 Å². The predicted molar refractivity (Wildman–Crippen MR) is 105 cm³/mol. The van der Waals surface area contributed by atoms with E-state index in [0.717, 1.165) is 50.1 Å². The molecule has 28 heavy (non-hydrogen) atoms. The summed E-state index contributed by atoms with van der Waals surface area (Å²) in [5.41, 5.74) is 0.889. The number of benzene rings is 1. The van der Waals surface area contributed by atoms with Crippen molar-refractivity contribution in [1.82, 2.24) is 9.80 Å². The summed E-state index contributed by atoms with van der Waals surface area (Å²) in [5.74, 6) is 1.71. The second kappa shape index (κ2) is 8.09. The van der Waals surface area contributed by atoms with Crippen LogP contribution < -0.4 is 4.74 Å². The van der Waals surface area contributed by atoms with E-state index in [-0.39, 0.29) is 17.7 Å². The highest BCUT2D eigenvalue weighted by molar-refractivity contribution is 5.92. The minimum Gasteiger partial charge on any atom is -0.497 e. The molecular weight excluding hydrogens is 356 g/mol. The van der Waals surface area contributed by atoms with E-state index in [0.29, 0.717) is 24.6 Å². The number of carbonyl (C=O) groups is 2. The van der Waals surface area contributed by atoms with Crippen molar-refractivity contribution in [2.24, 2.45) is 5.92 Å². The summed E-state index contributed by atoms with van der Waals surface area (Å²) in [6, 6.07) is 11.0. The SMILES string of the molecule is COc1ccc(-c2ccc(C(=O)N3CCCC(C(=O)N4CCCC4)C3)o2)cc1. The molecule has 2 amide bonds. The van der Waals surface area contributed by atoms with Crippen LogP contribution in [0.15, 0.2) is 40.8 Å². The molecule has 3 heterocycles. The van der Waals surface area contributed by atoms with Gasteiger partial charge in [0.1, 0.15) is 11.5 Å². The molecule has 2 saturated heterocycles. The zero-order chi connectivity index (χ0) is 19.5. The van der Waals surface area contributed by atoms with Crippen LogP contribution in [0.25, 0.3) is 11.3 Å². The number of amides is 2. The lowest BCUT2D eigenvalue weighted by molar-refractivity contribution is -0.135. The number of furan rings is 1. The first-order valence-electron chi connectivity index (χ1n) is 9.98. The molecule has 6 heteroatoms. The van der Waals surface area contributed by atoms with Crippen LogP contribution in [0.5, 0.6) is 5.75 Å². The highest BCUT2D eigenvalue weighted by atomic mass is 16.5. The Labute approximate surface area is 165 Å². The van der Waals surface area contributed by atoms with E-state index in [1.807, 2.05) is 35.2 Å². The van der Waals surface area contributed by atoms with Crippen LogP contribution in [0, 0.1) is 5.92 Å². The minimum atomic E-state index is -0.140. The van der Waals surface area contributed by atoms with Gasteiger partial charge in [-0.3, -0.25) is 9.59 Å². The highest BCUT2D eigenvalue weighted by Gasteiger charge is 2.33.